The van der Waals surface area contributed by atoms with Crippen molar-refractivity contribution in [2.75, 3.05) is 20.6 Å². The van der Waals surface area contributed by atoms with Crippen molar-refractivity contribution in [3.05, 3.63) is 23.5 Å². The van der Waals surface area contributed by atoms with E-state index in [0.29, 0.717) is 6.54 Å². The van der Waals surface area contributed by atoms with Crippen molar-refractivity contribution >= 4 is 21.6 Å². The average Bonchev–Trinajstić information content (AvgIpc) is 2.27. The van der Waals surface area contributed by atoms with Crippen LogP contribution >= 0.6 is 11.6 Å². The van der Waals surface area contributed by atoms with E-state index in [9.17, 15) is 8.42 Å². The summed E-state index contributed by atoms with van der Waals surface area (Å²) in [4.78, 5) is 6.03. The molecule has 1 fully saturated rings. The molecule has 5 nitrogen and oxygen atoms in total. The number of sulfonamides is 1. The van der Waals surface area contributed by atoms with E-state index in [1.165, 1.54) is 18.3 Å². The Hall–Kier alpha value is -0.690. The molecule has 7 heteroatoms. The Morgan fingerprint density at radius 3 is 2.63 bits per heavy atom. The highest BCUT2D eigenvalue weighted by Crippen LogP contribution is 2.35. The molecule has 0 spiro atoms. The molecule has 1 saturated carbocycles. The van der Waals surface area contributed by atoms with E-state index in [-0.39, 0.29) is 15.6 Å². The fraction of sp³-hybridized carbons (Fsp3) is 0.583. The zero-order valence-corrected chi connectivity index (χ0v) is 12.6. The van der Waals surface area contributed by atoms with Crippen LogP contribution in [0.3, 0.4) is 0 Å². The minimum Gasteiger partial charge on any atom is -0.302 e. The van der Waals surface area contributed by atoms with Gasteiger partial charge in [-0.2, -0.15) is 0 Å². The minimum absolute atomic E-state index is 0.0517. The van der Waals surface area contributed by atoms with Crippen LogP contribution in [0.1, 0.15) is 19.3 Å². The first-order valence-electron chi connectivity index (χ1n) is 6.14. The van der Waals surface area contributed by atoms with E-state index < -0.39 is 10.0 Å². The average molecular weight is 304 g/mol. The fourth-order valence-electron chi connectivity index (χ4n) is 2.23. The first-order valence-corrected chi connectivity index (χ1v) is 8.01. The third kappa shape index (κ3) is 3.08. The lowest BCUT2D eigenvalue weighted by Crippen LogP contribution is -2.57. The lowest BCUT2D eigenvalue weighted by atomic mass is 9.76. The SMILES string of the molecule is CN(C)C1(CNS(=O)(=O)c2ccnc(Cl)c2)CCC1. The summed E-state index contributed by atoms with van der Waals surface area (Å²) in [7, 11) is 0.439. The van der Waals surface area contributed by atoms with Gasteiger partial charge >= 0.3 is 0 Å². The predicted octanol–water partition coefficient (Wildman–Crippen LogP) is 1.50. The standard InChI is InChI=1S/C12H18ClN3O2S/c1-16(2)12(5-3-6-12)9-15-19(17,18)10-4-7-14-11(13)8-10/h4,7-8,15H,3,5-6,9H2,1-2H3. The van der Waals surface area contributed by atoms with Crippen LogP contribution < -0.4 is 4.72 Å². The molecule has 1 aromatic rings. The summed E-state index contributed by atoms with van der Waals surface area (Å²) in [5.41, 5.74) is -0.0517. The van der Waals surface area contributed by atoms with Crippen molar-refractivity contribution in [2.24, 2.45) is 0 Å². The van der Waals surface area contributed by atoms with Gasteiger partial charge in [0, 0.05) is 18.3 Å². The zero-order valence-electron chi connectivity index (χ0n) is 11.1. The van der Waals surface area contributed by atoms with Crippen molar-refractivity contribution in [3.8, 4) is 0 Å². The number of nitrogens with one attached hydrogen (secondary N) is 1. The predicted molar refractivity (Wildman–Crippen MR) is 74.7 cm³/mol. The molecule has 19 heavy (non-hydrogen) atoms. The number of likely N-dealkylation sites (N-methyl/N-ethyl adjacent to an activating group) is 1. The number of hydrogen-bond donors (Lipinski definition) is 1. The van der Waals surface area contributed by atoms with E-state index in [1.54, 1.807) is 0 Å². The second-order valence-electron chi connectivity index (χ2n) is 5.11. The van der Waals surface area contributed by atoms with Crippen LogP contribution in [0.2, 0.25) is 5.15 Å². The molecule has 1 aliphatic carbocycles. The molecule has 0 atom stereocenters. The van der Waals surface area contributed by atoms with Gasteiger partial charge < -0.3 is 4.90 Å². The van der Waals surface area contributed by atoms with Gasteiger partial charge in [0.25, 0.3) is 0 Å². The molecular formula is C12H18ClN3O2S. The van der Waals surface area contributed by atoms with Gasteiger partial charge in [-0.1, -0.05) is 11.6 Å². The number of pyridine rings is 1. The minimum atomic E-state index is -3.53. The first kappa shape index (κ1) is 14.7. The highest BCUT2D eigenvalue weighted by Gasteiger charge is 2.39. The molecule has 1 aliphatic rings. The van der Waals surface area contributed by atoms with Crippen molar-refractivity contribution in [1.82, 2.24) is 14.6 Å². The maximum Gasteiger partial charge on any atom is 0.240 e. The molecule has 0 unspecified atom stereocenters. The Morgan fingerprint density at radius 2 is 2.16 bits per heavy atom. The molecule has 1 heterocycles. The quantitative estimate of drug-likeness (QED) is 0.837. The maximum absolute atomic E-state index is 12.2. The summed E-state index contributed by atoms with van der Waals surface area (Å²) in [6.45, 7) is 0.419. The first-order chi connectivity index (χ1) is 8.86. The second kappa shape index (κ2) is 5.36. The molecular weight excluding hydrogens is 286 g/mol. The van der Waals surface area contributed by atoms with Gasteiger partial charge in [0.1, 0.15) is 5.15 Å². The van der Waals surface area contributed by atoms with Crippen molar-refractivity contribution in [1.29, 1.82) is 0 Å². The number of halogens is 1. The van der Waals surface area contributed by atoms with Crippen molar-refractivity contribution < 1.29 is 8.42 Å². The molecule has 0 bridgehead atoms. The highest BCUT2D eigenvalue weighted by atomic mass is 35.5. The second-order valence-corrected chi connectivity index (χ2v) is 7.27. The monoisotopic (exact) mass is 303 g/mol. The fourth-order valence-corrected chi connectivity index (χ4v) is 3.60. The van der Waals surface area contributed by atoms with Crippen LogP contribution in [-0.4, -0.2) is 44.5 Å². The van der Waals surface area contributed by atoms with Gasteiger partial charge in [-0.25, -0.2) is 18.1 Å². The van der Waals surface area contributed by atoms with Gasteiger partial charge in [-0.05, 0) is 45.5 Å². The largest absolute Gasteiger partial charge is 0.302 e. The topological polar surface area (TPSA) is 62.3 Å². The summed E-state index contributed by atoms with van der Waals surface area (Å²) < 4.78 is 27.0. The molecule has 2 rings (SSSR count). The lowest BCUT2D eigenvalue weighted by Gasteiger charge is -2.47. The van der Waals surface area contributed by atoms with Gasteiger partial charge in [-0.3, -0.25) is 0 Å². The van der Waals surface area contributed by atoms with Crippen molar-refractivity contribution in [2.45, 2.75) is 29.7 Å². The highest BCUT2D eigenvalue weighted by molar-refractivity contribution is 7.89. The van der Waals surface area contributed by atoms with Gasteiger partial charge in [0.05, 0.1) is 4.90 Å². The summed E-state index contributed by atoms with van der Waals surface area (Å²) in [5.74, 6) is 0. The summed E-state index contributed by atoms with van der Waals surface area (Å²) >= 11 is 5.72. The Morgan fingerprint density at radius 1 is 1.47 bits per heavy atom. The Balaban J connectivity index is 2.10. The molecule has 106 valence electrons. The van der Waals surface area contributed by atoms with E-state index >= 15 is 0 Å². The maximum atomic E-state index is 12.2. The Bertz CT molecular complexity index is 556. The van der Waals surface area contributed by atoms with Crippen LogP contribution in [0.5, 0.6) is 0 Å². The molecule has 1 N–H and O–H groups in total. The summed E-state index contributed by atoms with van der Waals surface area (Å²) in [6.07, 6.45) is 4.56. The van der Waals surface area contributed by atoms with Crippen LogP contribution in [-0.2, 0) is 10.0 Å². The Kier molecular flexibility index (Phi) is 4.15. The van der Waals surface area contributed by atoms with E-state index in [1.807, 2.05) is 14.1 Å². The van der Waals surface area contributed by atoms with Gasteiger partial charge in [-0.15, -0.1) is 0 Å². The molecule has 0 radical (unpaired) electrons. The van der Waals surface area contributed by atoms with E-state index in [4.69, 9.17) is 11.6 Å². The molecule has 1 aromatic heterocycles. The van der Waals surface area contributed by atoms with Crippen LogP contribution in [0, 0.1) is 0 Å². The zero-order chi connectivity index (χ0) is 14.1. The Labute approximate surface area is 119 Å². The van der Waals surface area contributed by atoms with Gasteiger partial charge in [0.15, 0.2) is 0 Å². The van der Waals surface area contributed by atoms with Crippen LogP contribution in [0.25, 0.3) is 0 Å². The van der Waals surface area contributed by atoms with Crippen molar-refractivity contribution in [3.63, 3.8) is 0 Å². The summed E-state index contributed by atoms with van der Waals surface area (Å²) in [6, 6.07) is 2.80. The third-order valence-corrected chi connectivity index (χ3v) is 5.44. The molecule has 0 saturated heterocycles. The number of rotatable bonds is 5. The number of aromatic nitrogens is 1. The third-order valence-electron chi connectivity index (χ3n) is 3.83. The van der Waals surface area contributed by atoms with E-state index in [0.717, 1.165) is 19.3 Å². The number of hydrogen-bond acceptors (Lipinski definition) is 4. The summed E-state index contributed by atoms with van der Waals surface area (Å²) in [5, 5.41) is 0.175. The molecule has 0 aliphatic heterocycles. The van der Waals surface area contributed by atoms with Crippen LogP contribution in [0.4, 0.5) is 0 Å². The van der Waals surface area contributed by atoms with Crippen LogP contribution in [0.15, 0.2) is 23.2 Å². The number of nitrogens with zero attached hydrogens (tertiary/aromatic N) is 2. The normalized spacial score (nSPS) is 18.3. The van der Waals surface area contributed by atoms with Gasteiger partial charge in [0.2, 0.25) is 10.0 Å². The lowest BCUT2D eigenvalue weighted by molar-refractivity contribution is 0.0657. The smallest absolute Gasteiger partial charge is 0.240 e. The molecule has 0 aromatic carbocycles. The van der Waals surface area contributed by atoms with E-state index in [2.05, 4.69) is 14.6 Å². The molecule has 0 amide bonds.